The van der Waals surface area contributed by atoms with Crippen molar-refractivity contribution in [3.8, 4) is 11.4 Å². The second-order valence-electron chi connectivity index (χ2n) is 8.88. The number of aromatic nitrogens is 2. The second kappa shape index (κ2) is 8.73. The van der Waals surface area contributed by atoms with Crippen molar-refractivity contribution in [1.82, 2.24) is 14.5 Å². The van der Waals surface area contributed by atoms with Crippen LogP contribution in [-0.2, 0) is 9.53 Å². The summed E-state index contributed by atoms with van der Waals surface area (Å²) in [7, 11) is 1.61. The number of morpholine rings is 1. The molecule has 0 radical (unpaired) electrons. The van der Waals surface area contributed by atoms with Crippen LogP contribution in [-0.4, -0.2) is 39.6 Å². The van der Waals surface area contributed by atoms with Crippen molar-refractivity contribution in [1.29, 1.82) is 0 Å². The lowest BCUT2D eigenvalue weighted by molar-refractivity contribution is -0.149. The van der Waals surface area contributed by atoms with E-state index in [1.54, 1.807) is 36.5 Å². The van der Waals surface area contributed by atoms with E-state index >= 15 is 0 Å². The Bertz CT molecular complexity index is 1200. The summed E-state index contributed by atoms with van der Waals surface area (Å²) in [5.74, 6) is 0.400. The lowest BCUT2D eigenvalue weighted by Gasteiger charge is -2.42. The smallest absolute Gasteiger partial charge is 0.289 e. The average Bonchev–Trinajstić information content (AvgIpc) is 3.21. The molecule has 1 fully saturated rings. The van der Waals surface area contributed by atoms with Crippen LogP contribution < -0.4 is 4.74 Å². The van der Waals surface area contributed by atoms with Gasteiger partial charge in [-0.15, -0.1) is 0 Å². The maximum absolute atomic E-state index is 13.4. The first-order valence-corrected chi connectivity index (χ1v) is 10.8. The number of aryl methyl sites for hydroxylation is 1. The van der Waals surface area contributed by atoms with Crippen molar-refractivity contribution in [3.63, 3.8) is 0 Å². The fourth-order valence-corrected chi connectivity index (χ4v) is 4.02. The molecule has 0 aliphatic carbocycles. The number of hydrogen-bond donors (Lipinski definition) is 0. The first-order chi connectivity index (χ1) is 15.7. The van der Waals surface area contributed by atoms with Gasteiger partial charge in [-0.25, -0.2) is 9.37 Å². The molecule has 2 heterocycles. The van der Waals surface area contributed by atoms with E-state index in [0.29, 0.717) is 12.3 Å². The van der Waals surface area contributed by atoms with Crippen molar-refractivity contribution >= 4 is 12.0 Å². The molecule has 1 aliphatic heterocycles. The molecule has 1 amide bonds. The molecule has 172 valence electrons. The number of carbonyl (C=O) groups excluding carboxylic acids is 1. The number of benzene rings is 2. The minimum Gasteiger partial charge on any atom is -0.495 e. The molecule has 1 atom stereocenters. The number of methoxy groups -OCH3 is 1. The van der Waals surface area contributed by atoms with Gasteiger partial charge >= 0.3 is 0 Å². The Labute approximate surface area is 193 Å². The van der Waals surface area contributed by atoms with Crippen molar-refractivity contribution in [2.45, 2.75) is 39.3 Å². The third-order valence-corrected chi connectivity index (χ3v) is 5.72. The average molecular weight is 450 g/mol. The molecule has 0 bridgehead atoms. The topological polar surface area (TPSA) is 56.6 Å². The second-order valence-corrected chi connectivity index (χ2v) is 8.88. The molecule has 3 aromatic rings. The highest BCUT2D eigenvalue weighted by molar-refractivity contribution is 5.97. The van der Waals surface area contributed by atoms with Gasteiger partial charge in [0.2, 0.25) is 0 Å². The zero-order chi connectivity index (χ0) is 23.8. The molecule has 1 aliphatic rings. The SMILES string of the molecule is COc1cc(/C=C2\OC(C)(C)CN([C@@H](C)c3ccc(F)cc3)C2=O)ccc1-n1cnc(C)c1. The summed E-state index contributed by atoms with van der Waals surface area (Å²) in [4.78, 5) is 19.4. The van der Waals surface area contributed by atoms with Gasteiger partial charge in [0.05, 0.1) is 37.4 Å². The highest BCUT2D eigenvalue weighted by Crippen LogP contribution is 2.33. The molecule has 0 unspecified atom stereocenters. The van der Waals surface area contributed by atoms with E-state index in [1.165, 1.54) is 12.1 Å². The Morgan fingerprint density at radius 1 is 1.21 bits per heavy atom. The summed E-state index contributed by atoms with van der Waals surface area (Å²) in [6.07, 6.45) is 5.39. The van der Waals surface area contributed by atoms with Gasteiger partial charge in [-0.2, -0.15) is 0 Å². The first-order valence-electron chi connectivity index (χ1n) is 10.8. The Balaban J connectivity index is 1.66. The third-order valence-electron chi connectivity index (χ3n) is 5.72. The van der Waals surface area contributed by atoms with Gasteiger partial charge in [0.15, 0.2) is 5.76 Å². The Morgan fingerprint density at radius 3 is 2.58 bits per heavy atom. The predicted octanol–water partition coefficient (Wildman–Crippen LogP) is 5.07. The fraction of sp³-hybridized carbons (Fsp3) is 0.308. The highest BCUT2D eigenvalue weighted by atomic mass is 19.1. The molecule has 1 aromatic heterocycles. The van der Waals surface area contributed by atoms with Gasteiger partial charge in [0, 0.05) is 6.20 Å². The number of hydrogen-bond acceptors (Lipinski definition) is 4. The third kappa shape index (κ3) is 4.77. The Kier molecular flexibility index (Phi) is 5.97. The number of ether oxygens (including phenoxy) is 2. The van der Waals surface area contributed by atoms with E-state index in [-0.39, 0.29) is 23.5 Å². The number of amides is 1. The van der Waals surface area contributed by atoms with E-state index in [2.05, 4.69) is 4.98 Å². The minimum absolute atomic E-state index is 0.209. The van der Waals surface area contributed by atoms with Crippen LogP contribution in [0.3, 0.4) is 0 Å². The fourth-order valence-electron chi connectivity index (χ4n) is 4.02. The molecular weight excluding hydrogens is 421 g/mol. The standard InChI is InChI=1S/C26H28FN3O3/c1-17-14-29(16-28-17)22-11-6-19(12-23(22)32-5)13-24-25(31)30(15-26(3,4)33-24)18(2)20-7-9-21(27)10-8-20/h6-14,16,18H,15H2,1-5H3/b24-13-/t18-/m0/s1. The van der Waals surface area contributed by atoms with Crippen molar-refractivity contribution in [2.75, 3.05) is 13.7 Å². The van der Waals surface area contributed by atoms with Crippen LogP contribution in [0, 0.1) is 12.7 Å². The molecule has 7 heteroatoms. The van der Waals surface area contributed by atoms with E-state index in [4.69, 9.17) is 9.47 Å². The van der Waals surface area contributed by atoms with Crippen LogP contribution in [0.25, 0.3) is 11.8 Å². The van der Waals surface area contributed by atoms with Gasteiger partial charge in [0.1, 0.15) is 17.2 Å². The Hall–Kier alpha value is -3.61. The van der Waals surface area contributed by atoms with Crippen LogP contribution in [0.2, 0.25) is 0 Å². The van der Waals surface area contributed by atoms with Crippen LogP contribution in [0.1, 0.15) is 43.6 Å². The molecule has 33 heavy (non-hydrogen) atoms. The number of carbonyl (C=O) groups is 1. The van der Waals surface area contributed by atoms with Gasteiger partial charge in [-0.3, -0.25) is 4.79 Å². The van der Waals surface area contributed by atoms with Crippen LogP contribution in [0.5, 0.6) is 5.75 Å². The number of rotatable bonds is 5. The van der Waals surface area contributed by atoms with Crippen LogP contribution in [0.15, 0.2) is 60.7 Å². The maximum atomic E-state index is 13.4. The molecular formula is C26H28FN3O3. The summed E-state index contributed by atoms with van der Waals surface area (Å²) in [5.41, 5.74) is 2.82. The highest BCUT2D eigenvalue weighted by Gasteiger charge is 2.39. The summed E-state index contributed by atoms with van der Waals surface area (Å²) in [6, 6.07) is 11.7. The van der Waals surface area contributed by atoms with Crippen molar-refractivity contribution in [2.24, 2.45) is 0 Å². The van der Waals surface area contributed by atoms with Gasteiger partial charge < -0.3 is 18.9 Å². The zero-order valence-electron chi connectivity index (χ0n) is 19.5. The molecule has 0 N–H and O–H groups in total. The zero-order valence-corrected chi connectivity index (χ0v) is 19.5. The van der Waals surface area contributed by atoms with Crippen molar-refractivity contribution in [3.05, 3.63) is 83.4 Å². The number of nitrogens with zero attached hydrogens (tertiary/aromatic N) is 3. The summed E-state index contributed by atoms with van der Waals surface area (Å²) in [6.45, 7) is 8.18. The summed E-state index contributed by atoms with van der Waals surface area (Å²) >= 11 is 0. The van der Waals surface area contributed by atoms with E-state index in [1.807, 2.05) is 56.7 Å². The Morgan fingerprint density at radius 2 is 1.94 bits per heavy atom. The minimum atomic E-state index is -0.577. The van der Waals surface area contributed by atoms with Crippen molar-refractivity contribution < 1.29 is 18.7 Å². The van der Waals surface area contributed by atoms with Gasteiger partial charge in [-0.1, -0.05) is 18.2 Å². The first kappa shape index (κ1) is 22.6. The normalized spacial score (nSPS) is 17.7. The van der Waals surface area contributed by atoms with Crippen LogP contribution >= 0.6 is 0 Å². The summed E-state index contributed by atoms with van der Waals surface area (Å²) in [5, 5.41) is 0. The molecule has 2 aromatic carbocycles. The van der Waals surface area contributed by atoms with Crippen LogP contribution in [0.4, 0.5) is 4.39 Å². The monoisotopic (exact) mass is 449 g/mol. The van der Waals surface area contributed by atoms with E-state index in [0.717, 1.165) is 22.5 Å². The lowest BCUT2D eigenvalue weighted by Crippen LogP contribution is -2.51. The quantitative estimate of drug-likeness (QED) is 0.511. The van der Waals surface area contributed by atoms with E-state index in [9.17, 15) is 9.18 Å². The predicted molar refractivity (Wildman–Crippen MR) is 125 cm³/mol. The number of halogens is 1. The van der Waals surface area contributed by atoms with Gasteiger partial charge in [0.25, 0.3) is 5.91 Å². The molecule has 6 nitrogen and oxygen atoms in total. The molecule has 0 spiro atoms. The molecule has 0 saturated carbocycles. The van der Waals surface area contributed by atoms with E-state index < -0.39 is 5.60 Å². The summed E-state index contributed by atoms with van der Waals surface area (Å²) < 4.78 is 26.9. The number of imidazole rings is 1. The largest absolute Gasteiger partial charge is 0.495 e. The maximum Gasteiger partial charge on any atom is 0.289 e. The van der Waals surface area contributed by atoms with Gasteiger partial charge in [-0.05, 0) is 69.2 Å². The lowest BCUT2D eigenvalue weighted by atomic mass is 10.00. The molecule has 4 rings (SSSR count). The molecule has 1 saturated heterocycles.